The highest BCUT2D eigenvalue weighted by atomic mass is 16.6. The number of methoxy groups -OCH3 is 1. The summed E-state index contributed by atoms with van der Waals surface area (Å²) >= 11 is 0. The summed E-state index contributed by atoms with van der Waals surface area (Å²) in [5, 5.41) is 8.55. The minimum Gasteiger partial charge on any atom is -0.444 e. The molecule has 0 bridgehead atoms. The van der Waals surface area contributed by atoms with Crippen molar-refractivity contribution in [2.75, 3.05) is 47.5 Å². The second-order valence-corrected chi connectivity index (χ2v) is 8.23. The molecule has 0 heterocycles. The minimum atomic E-state index is -0.454. The van der Waals surface area contributed by atoms with Crippen LogP contribution < -0.4 is 0 Å². The fourth-order valence-electron chi connectivity index (χ4n) is 1.62. The van der Waals surface area contributed by atoms with Gasteiger partial charge in [-0.1, -0.05) is 0 Å². The lowest BCUT2D eigenvalue weighted by molar-refractivity contribution is 0.0277. The summed E-state index contributed by atoms with van der Waals surface area (Å²) in [4.78, 5) is 25.7. The average molecular weight is 393 g/mol. The van der Waals surface area contributed by atoms with E-state index in [9.17, 15) is 9.59 Å². The molecule has 8 nitrogen and oxygen atoms in total. The molecule has 0 spiro atoms. The molecule has 0 radical (unpaired) electrons. The maximum Gasteiger partial charge on any atom is 0.410 e. The zero-order chi connectivity index (χ0) is 21.7. The van der Waals surface area contributed by atoms with Crippen LogP contribution in [0.2, 0.25) is 0 Å². The number of hydrogen-bond acceptors (Lipinski definition) is 6. The van der Waals surface area contributed by atoms with Crippen LogP contribution in [0.15, 0.2) is 0 Å². The predicted octanol–water partition coefficient (Wildman–Crippen LogP) is 3.13. The first-order valence-corrected chi connectivity index (χ1v) is 9.21. The molecule has 0 fully saturated rings. The van der Waals surface area contributed by atoms with Gasteiger partial charge in [0.25, 0.3) is 0 Å². The highest BCUT2D eigenvalue weighted by Crippen LogP contribution is 2.09. The van der Waals surface area contributed by atoms with Crippen molar-refractivity contribution in [3.8, 4) is 0 Å². The van der Waals surface area contributed by atoms with Gasteiger partial charge in [0.1, 0.15) is 11.2 Å². The van der Waals surface area contributed by atoms with Crippen molar-refractivity contribution in [2.24, 2.45) is 0 Å². The Hall–Kier alpha value is -1.54. The maximum absolute atomic E-state index is 11.4. The topological polar surface area (TPSA) is 88.5 Å². The third kappa shape index (κ3) is 19.0. The summed E-state index contributed by atoms with van der Waals surface area (Å²) in [6.07, 6.45) is 0.775. The largest absolute Gasteiger partial charge is 0.444 e. The normalized spacial score (nSPS) is 11.2. The molecule has 1 N–H and O–H groups in total. The van der Waals surface area contributed by atoms with Gasteiger partial charge in [-0.3, -0.25) is 0 Å². The number of carbonyl (C=O) groups is 2. The first-order chi connectivity index (χ1) is 12.2. The lowest BCUT2D eigenvalue weighted by Gasteiger charge is -2.24. The van der Waals surface area contributed by atoms with E-state index in [1.165, 1.54) is 4.90 Å². The molecule has 0 aliphatic carbocycles. The number of nitrogens with zero attached hydrogens (tertiary/aromatic N) is 2. The van der Waals surface area contributed by atoms with Crippen molar-refractivity contribution in [1.29, 1.82) is 0 Å². The number of aliphatic hydroxyl groups excluding tert-OH is 1. The van der Waals surface area contributed by atoms with E-state index >= 15 is 0 Å². The fourth-order valence-corrected chi connectivity index (χ4v) is 1.62. The van der Waals surface area contributed by atoms with Crippen LogP contribution in [-0.4, -0.2) is 85.8 Å². The molecule has 8 heteroatoms. The SMILES string of the molecule is CN(CCCO)C(=O)OC(C)(C)C.COCCCN(C)C(=O)OC(C)(C)C. The maximum atomic E-state index is 11.4. The van der Waals surface area contributed by atoms with E-state index < -0.39 is 11.2 Å². The second kappa shape index (κ2) is 13.6. The third-order valence-electron chi connectivity index (χ3n) is 2.90. The first kappa shape index (κ1) is 27.7. The van der Waals surface area contributed by atoms with Crippen LogP contribution in [0.25, 0.3) is 0 Å². The molecule has 162 valence electrons. The summed E-state index contributed by atoms with van der Waals surface area (Å²) in [5.41, 5.74) is -0.878. The quantitative estimate of drug-likeness (QED) is 0.670. The summed E-state index contributed by atoms with van der Waals surface area (Å²) in [6, 6.07) is 0. The van der Waals surface area contributed by atoms with Crippen molar-refractivity contribution in [1.82, 2.24) is 9.80 Å². The van der Waals surface area contributed by atoms with Crippen LogP contribution in [-0.2, 0) is 14.2 Å². The molecule has 27 heavy (non-hydrogen) atoms. The van der Waals surface area contributed by atoms with Gasteiger partial charge in [-0.05, 0) is 54.4 Å². The van der Waals surface area contributed by atoms with Crippen molar-refractivity contribution >= 4 is 12.2 Å². The van der Waals surface area contributed by atoms with Crippen molar-refractivity contribution in [3.63, 3.8) is 0 Å². The fraction of sp³-hybridized carbons (Fsp3) is 0.895. The standard InChI is InChI=1S/C10H21NO3.C9H19NO3/c1-10(2,3)14-9(12)11(4)7-6-8-13-5;1-9(2,3)13-8(12)10(4)6-5-7-11/h6-8H2,1-5H3;11H,5-7H2,1-4H3. The summed E-state index contributed by atoms with van der Waals surface area (Å²) in [5.74, 6) is 0. The lowest BCUT2D eigenvalue weighted by Crippen LogP contribution is -2.35. The molecular weight excluding hydrogens is 352 g/mol. The smallest absolute Gasteiger partial charge is 0.410 e. The van der Waals surface area contributed by atoms with Crippen molar-refractivity contribution in [2.45, 2.75) is 65.6 Å². The molecule has 0 aromatic heterocycles. The van der Waals surface area contributed by atoms with E-state index in [-0.39, 0.29) is 18.8 Å². The van der Waals surface area contributed by atoms with E-state index in [0.717, 1.165) is 6.42 Å². The van der Waals surface area contributed by atoms with Crippen LogP contribution in [0, 0.1) is 0 Å². The molecule has 0 unspecified atom stereocenters. The Morgan fingerprint density at radius 1 is 0.815 bits per heavy atom. The Morgan fingerprint density at radius 2 is 1.19 bits per heavy atom. The number of rotatable bonds is 7. The molecule has 0 aliphatic heterocycles. The lowest BCUT2D eigenvalue weighted by atomic mass is 10.2. The predicted molar refractivity (Wildman–Crippen MR) is 106 cm³/mol. The van der Waals surface area contributed by atoms with Gasteiger partial charge in [0.15, 0.2) is 0 Å². The number of aliphatic hydroxyl groups is 1. The summed E-state index contributed by atoms with van der Waals surface area (Å²) in [6.45, 7) is 13.0. The van der Waals surface area contributed by atoms with E-state index in [0.29, 0.717) is 26.1 Å². The van der Waals surface area contributed by atoms with E-state index in [1.807, 2.05) is 41.5 Å². The Morgan fingerprint density at radius 3 is 1.48 bits per heavy atom. The summed E-state index contributed by atoms with van der Waals surface area (Å²) in [7, 11) is 5.03. The van der Waals surface area contributed by atoms with Gasteiger partial charge in [-0.25, -0.2) is 9.59 Å². The van der Waals surface area contributed by atoms with Crippen LogP contribution in [0.5, 0.6) is 0 Å². The van der Waals surface area contributed by atoms with E-state index in [1.54, 1.807) is 26.1 Å². The van der Waals surface area contributed by atoms with Crippen molar-refractivity contribution in [3.05, 3.63) is 0 Å². The van der Waals surface area contributed by atoms with E-state index in [4.69, 9.17) is 19.3 Å². The molecule has 2 amide bonds. The first-order valence-electron chi connectivity index (χ1n) is 9.21. The van der Waals surface area contributed by atoms with Crippen LogP contribution >= 0.6 is 0 Å². The van der Waals surface area contributed by atoms with Gasteiger partial charge in [-0.15, -0.1) is 0 Å². The minimum absolute atomic E-state index is 0.0904. The Bertz CT molecular complexity index is 415. The van der Waals surface area contributed by atoms with Crippen LogP contribution in [0.4, 0.5) is 9.59 Å². The van der Waals surface area contributed by atoms with Crippen molar-refractivity contribution < 1.29 is 28.9 Å². The highest BCUT2D eigenvalue weighted by molar-refractivity contribution is 5.68. The molecule has 0 aromatic rings. The van der Waals surface area contributed by atoms with Crippen LogP contribution in [0.3, 0.4) is 0 Å². The number of amides is 2. The van der Waals surface area contributed by atoms with Gasteiger partial charge in [-0.2, -0.15) is 0 Å². The Labute approximate surface area is 164 Å². The van der Waals surface area contributed by atoms with Gasteiger partial charge < -0.3 is 29.1 Å². The second-order valence-electron chi connectivity index (χ2n) is 8.23. The summed E-state index contributed by atoms with van der Waals surface area (Å²) < 4.78 is 15.2. The zero-order valence-corrected chi connectivity index (χ0v) is 18.6. The third-order valence-corrected chi connectivity index (χ3v) is 2.90. The molecule has 0 aliphatic rings. The number of ether oxygens (including phenoxy) is 3. The molecule has 0 saturated heterocycles. The molecule has 0 saturated carbocycles. The Kier molecular flexibility index (Phi) is 13.9. The van der Waals surface area contributed by atoms with Gasteiger partial charge >= 0.3 is 12.2 Å². The van der Waals surface area contributed by atoms with Gasteiger partial charge in [0.2, 0.25) is 0 Å². The zero-order valence-electron chi connectivity index (χ0n) is 18.6. The molecular formula is C19H40N2O6. The molecule has 0 aromatic carbocycles. The average Bonchev–Trinajstić information content (AvgIpc) is 2.50. The highest BCUT2D eigenvalue weighted by Gasteiger charge is 2.19. The van der Waals surface area contributed by atoms with Gasteiger partial charge in [0.05, 0.1) is 0 Å². The van der Waals surface area contributed by atoms with Gasteiger partial charge in [0, 0.05) is 47.5 Å². The monoisotopic (exact) mass is 392 g/mol. The number of carbonyl (C=O) groups excluding carboxylic acids is 2. The molecule has 0 rings (SSSR count). The van der Waals surface area contributed by atoms with Crippen LogP contribution in [0.1, 0.15) is 54.4 Å². The Balaban J connectivity index is 0. The molecule has 0 atom stereocenters. The number of hydrogen-bond donors (Lipinski definition) is 1. The van der Waals surface area contributed by atoms with E-state index in [2.05, 4.69) is 0 Å².